The first-order chi connectivity index (χ1) is 4.16. The Morgan fingerprint density at radius 2 is 1.67 bits per heavy atom. The van der Waals surface area contributed by atoms with Crippen molar-refractivity contribution in [2.24, 2.45) is 5.92 Å². The quantitative estimate of drug-likeness (QED) is 0.516. The third kappa shape index (κ3) is 12.6. The van der Waals surface area contributed by atoms with Crippen LogP contribution in [0.1, 0.15) is 12.8 Å². The molecule has 0 nitrogen and oxygen atoms in total. The summed E-state index contributed by atoms with van der Waals surface area (Å²) in [5.74, 6) is 1.22. The van der Waals surface area contributed by atoms with Crippen LogP contribution in [0.3, 0.4) is 0 Å². The predicted octanol–water partition coefficient (Wildman–Crippen LogP) is 1.86. The van der Waals surface area contributed by atoms with Crippen LogP contribution in [0.15, 0.2) is 0 Å². The Balaban J connectivity index is 0.000000148. The summed E-state index contributed by atoms with van der Waals surface area (Å²) in [6.07, 6.45) is 3.11. The van der Waals surface area contributed by atoms with E-state index in [-0.39, 0.29) is 0 Å². The molecule has 0 aromatic rings. The van der Waals surface area contributed by atoms with Crippen LogP contribution in [0, 0.1) is 5.92 Å². The van der Waals surface area contributed by atoms with Gasteiger partial charge in [-0.3, -0.25) is 12.9 Å². The summed E-state index contributed by atoms with van der Waals surface area (Å²) in [6, 6.07) is 0. The molecule has 9 heavy (non-hydrogen) atoms. The Hall–Kier alpha value is 1.49. The molecule has 0 aromatic carbocycles. The van der Waals surface area contributed by atoms with Gasteiger partial charge in [0.2, 0.25) is 0 Å². The summed E-state index contributed by atoms with van der Waals surface area (Å²) in [5, 5.41) is 0. The van der Waals surface area contributed by atoms with Gasteiger partial charge in [-0.1, -0.05) is 0 Å². The van der Waals surface area contributed by atoms with E-state index in [2.05, 4.69) is 0 Å². The first-order valence-corrected chi connectivity index (χ1v) is 5.29. The molecule has 48 valence electrons. The summed E-state index contributed by atoms with van der Waals surface area (Å²) in [6.45, 7) is 0. The molecule has 0 radical (unpaired) electrons. The Labute approximate surface area is 87.4 Å². The van der Waals surface area contributed by atoms with Crippen molar-refractivity contribution in [1.29, 1.82) is 0 Å². The molecule has 5 heteroatoms. The first-order valence-electron chi connectivity index (χ1n) is 3.09. The molecule has 1 saturated carbocycles. The SMILES string of the molecule is FB(F)F.[K][CH2]C1CC1. The first kappa shape index (κ1) is 10.5. The third-order valence-electron chi connectivity index (χ3n) is 1.27. The van der Waals surface area contributed by atoms with Gasteiger partial charge in [-0.2, -0.15) is 0 Å². The van der Waals surface area contributed by atoms with E-state index >= 15 is 0 Å². The molecule has 0 spiro atoms. The topological polar surface area (TPSA) is 0 Å². The van der Waals surface area contributed by atoms with E-state index in [4.69, 9.17) is 0 Å². The van der Waals surface area contributed by atoms with Gasteiger partial charge in [-0.25, -0.2) is 0 Å². The molecule has 1 aliphatic rings. The Kier molecular flexibility index (Phi) is 7.25. The van der Waals surface area contributed by atoms with E-state index < -0.39 is 7.54 Å². The molecule has 0 unspecified atom stereocenters. The van der Waals surface area contributed by atoms with E-state index in [9.17, 15) is 12.9 Å². The van der Waals surface area contributed by atoms with Crippen molar-refractivity contribution in [2.45, 2.75) is 13.4 Å². The van der Waals surface area contributed by atoms with Gasteiger partial charge in [0.1, 0.15) is 0 Å². The fourth-order valence-corrected chi connectivity index (χ4v) is 1.80. The summed E-state index contributed by atoms with van der Waals surface area (Å²) >= 11 is 1.15. The molecule has 1 fully saturated rings. The maximum atomic E-state index is 9.67. The van der Waals surface area contributed by atoms with E-state index in [1.54, 1.807) is 13.4 Å². The van der Waals surface area contributed by atoms with Crippen molar-refractivity contribution in [3.63, 3.8) is 0 Å². The van der Waals surface area contributed by atoms with E-state index in [1.165, 1.54) is 5.92 Å². The van der Waals surface area contributed by atoms with Crippen molar-refractivity contribution in [3.8, 4) is 0 Å². The second kappa shape index (κ2) is 6.22. The molecule has 0 amide bonds. The van der Waals surface area contributed by atoms with E-state index in [0.29, 0.717) is 0 Å². The molecule has 0 N–H and O–H groups in total. The summed E-state index contributed by atoms with van der Waals surface area (Å²) in [7, 11) is -3.67. The molecular weight excluding hydrogens is 155 g/mol. The molecule has 0 aliphatic heterocycles. The number of halogens is 3. The molecule has 1 aliphatic carbocycles. The van der Waals surface area contributed by atoms with Crippen LogP contribution in [-0.4, -0.2) is 56.5 Å². The average Bonchev–Trinajstić information content (AvgIpc) is 2.43. The van der Waals surface area contributed by atoms with Crippen molar-refractivity contribution >= 4 is 56.5 Å². The molecule has 0 heterocycles. The van der Waals surface area contributed by atoms with Crippen LogP contribution in [-0.2, 0) is 0 Å². The predicted molar refractivity (Wildman–Crippen MR) is 32.4 cm³/mol. The molecule has 0 aromatic heterocycles. The fourth-order valence-electron chi connectivity index (χ4n) is 0.526. The monoisotopic (exact) mass is 162 g/mol. The zero-order valence-corrected chi connectivity index (χ0v) is 8.53. The zero-order valence-electron chi connectivity index (χ0n) is 5.41. The van der Waals surface area contributed by atoms with Crippen LogP contribution in [0.5, 0.6) is 0 Å². The van der Waals surface area contributed by atoms with Crippen LogP contribution in [0.25, 0.3) is 0 Å². The van der Waals surface area contributed by atoms with Crippen LogP contribution < -0.4 is 0 Å². The number of hydrogen-bond donors (Lipinski definition) is 0. The zero-order chi connectivity index (χ0) is 7.28. The normalized spacial score (nSPS) is 16.1. The molecule has 0 saturated heterocycles. The molecule has 0 bridgehead atoms. The van der Waals surface area contributed by atoms with Gasteiger partial charge < -0.3 is 0 Å². The summed E-state index contributed by atoms with van der Waals surface area (Å²) in [5.41, 5.74) is 0. The van der Waals surface area contributed by atoms with Gasteiger partial charge in [-0.05, 0) is 0 Å². The number of rotatable bonds is 1. The van der Waals surface area contributed by atoms with Crippen molar-refractivity contribution < 1.29 is 12.9 Å². The van der Waals surface area contributed by atoms with Crippen LogP contribution >= 0.6 is 0 Å². The minimum absolute atomic E-state index is 1.15. The molecular formula is C4H7BF3K. The van der Waals surface area contributed by atoms with Gasteiger partial charge >= 0.3 is 75.8 Å². The summed E-state index contributed by atoms with van der Waals surface area (Å²) in [4.78, 5) is 0. The van der Waals surface area contributed by atoms with Crippen LogP contribution in [0.2, 0.25) is 0.515 Å². The van der Waals surface area contributed by atoms with Gasteiger partial charge in [0.05, 0.1) is 0 Å². The van der Waals surface area contributed by atoms with Gasteiger partial charge in [-0.15, -0.1) is 0 Å². The van der Waals surface area contributed by atoms with Gasteiger partial charge in [0.15, 0.2) is 0 Å². The standard InChI is InChI=1S/C4H7.BF3.K/c1-4-2-3-4;2-1(3)4;/h4H,1-3H2;;. The van der Waals surface area contributed by atoms with Gasteiger partial charge in [0, 0.05) is 0 Å². The minimum atomic E-state index is -3.67. The fraction of sp³-hybridized carbons (Fsp3) is 1.00. The Bertz CT molecular complexity index is 64.1. The van der Waals surface area contributed by atoms with Crippen LogP contribution in [0.4, 0.5) is 12.9 Å². The Morgan fingerprint density at radius 1 is 1.33 bits per heavy atom. The van der Waals surface area contributed by atoms with Crippen molar-refractivity contribution in [3.05, 3.63) is 0 Å². The van der Waals surface area contributed by atoms with Gasteiger partial charge in [0.25, 0.3) is 0 Å². The number of hydrogen-bond acceptors (Lipinski definition) is 0. The summed E-state index contributed by atoms with van der Waals surface area (Å²) < 4.78 is 30.6. The van der Waals surface area contributed by atoms with E-state index in [0.717, 1.165) is 49.0 Å². The van der Waals surface area contributed by atoms with E-state index in [1.807, 2.05) is 0 Å². The Morgan fingerprint density at radius 3 is 1.67 bits per heavy atom. The molecule has 0 atom stereocenters. The van der Waals surface area contributed by atoms with Crippen molar-refractivity contribution in [1.82, 2.24) is 0 Å². The maximum absolute atomic E-state index is 9.67. The van der Waals surface area contributed by atoms with Crippen molar-refractivity contribution in [2.75, 3.05) is 0 Å². The third-order valence-corrected chi connectivity index (χ3v) is 3.08. The second-order valence-corrected chi connectivity index (χ2v) is 3.37. The second-order valence-electron chi connectivity index (χ2n) is 2.10. The average molecular weight is 162 g/mol. The molecule has 1 rings (SSSR count).